The van der Waals surface area contributed by atoms with Crippen molar-refractivity contribution in [1.29, 1.82) is 0 Å². The quantitative estimate of drug-likeness (QED) is 0.862. The average Bonchev–Trinajstić information content (AvgIpc) is 2.50. The average molecular weight is 344 g/mol. The number of carbonyl (C=O) groups excluding carboxylic acids is 1. The molecule has 134 valence electrons. The molecule has 2 atom stereocenters. The fourth-order valence-electron chi connectivity index (χ4n) is 3.01. The van der Waals surface area contributed by atoms with Crippen LogP contribution >= 0.6 is 0 Å². The highest BCUT2D eigenvalue weighted by Gasteiger charge is 2.37. The monoisotopic (exact) mass is 344 g/mol. The lowest BCUT2D eigenvalue weighted by molar-refractivity contribution is -0.153. The third-order valence-corrected chi connectivity index (χ3v) is 4.34. The van der Waals surface area contributed by atoms with E-state index in [2.05, 4.69) is 5.32 Å². The molecule has 7 heteroatoms. The van der Waals surface area contributed by atoms with Crippen LogP contribution in [0.3, 0.4) is 0 Å². The molecule has 1 saturated carbocycles. The molecule has 1 aromatic rings. The van der Waals surface area contributed by atoms with Crippen molar-refractivity contribution in [2.45, 2.75) is 50.9 Å². The van der Waals surface area contributed by atoms with Gasteiger partial charge in [-0.1, -0.05) is 25.0 Å². The number of hydrogen-bond donors (Lipinski definition) is 2. The molecule has 1 amide bonds. The second-order valence-corrected chi connectivity index (χ2v) is 6.57. The first-order chi connectivity index (χ1) is 11.2. The SMILES string of the molecule is CC1(N)CCCCC1C(=O)NCc1cccc(OCC(F)(F)F)c1. The minimum atomic E-state index is -4.38. The summed E-state index contributed by atoms with van der Waals surface area (Å²) in [5, 5.41) is 2.83. The number of benzene rings is 1. The number of ether oxygens (including phenoxy) is 1. The Morgan fingerprint density at radius 1 is 1.42 bits per heavy atom. The van der Waals surface area contributed by atoms with E-state index in [1.54, 1.807) is 12.1 Å². The molecule has 0 radical (unpaired) electrons. The Balaban J connectivity index is 1.90. The number of nitrogens with one attached hydrogen (secondary N) is 1. The molecule has 0 bridgehead atoms. The Morgan fingerprint density at radius 3 is 2.83 bits per heavy atom. The Labute approximate surface area is 139 Å². The molecule has 0 saturated heterocycles. The number of nitrogens with two attached hydrogens (primary N) is 1. The summed E-state index contributed by atoms with van der Waals surface area (Å²) in [5.74, 6) is -0.224. The van der Waals surface area contributed by atoms with Gasteiger partial charge in [0.15, 0.2) is 6.61 Å². The van der Waals surface area contributed by atoms with Crippen molar-refractivity contribution in [2.75, 3.05) is 6.61 Å². The molecule has 1 fully saturated rings. The Morgan fingerprint density at radius 2 is 2.17 bits per heavy atom. The van der Waals surface area contributed by atoms with Crippen molar-refractivity contribution >= 4 is 5.91 Å². The maximum atomic E-state index is 12.4. The molecule has 2 unspecified atom stereocenters. The molecule has 2 rings (SSSR count). The van der Waals surface area contributed by atoms with Gasteiger partial charge in [-0.15, -0.1) is 0 Å². The maximum absolute atomic E-state index is 12.4. The molecule has 1 aliphatic carbocycles. The van der Waals surface area contributed by atoms with E-state index >= 15 is 0 Å². The summed E-state index contributed by atoms with van der Waals surface area (Å²) in [6.07, 6.45) is -0.808. The summed E-state index contributed by atoms with van der Waals surface area (Å²) in [4.78, 5) is 12.4. The van der Waals surface area contributed by atoms with Gasteiger partial charge in [-0.05, 0) is 37.5 Å². The lowest BCUT2D eigenvalue weighted by Gasteiger charge is -2.37. The van der Waals surface area contributed by atoms with E-state index in [1.807, 2.05) is 6.92 Å². The van der Waals surface area contributed by atoms with Crippen molar-refractivity contribution in [3.8, 4) is 5.75 Å². The zero-order valence-corrected chi connectivity index (χ0v) is 13.7. The second-order valence-electron chi connectivity index (χ2n) is 6.57. The first-order valence-electron chi connectivity index (χ1n) is 8.02. The third-order valence-electron chi connectivity index (χ3n) is 4.34. The van der Waals surface area contributed by atoms with E-state index in [-0.39, 0.29) is 24.1 Å². The molecular formula is C17H23F3N2O2. The predicted octanol–water partition coefficient (Wildman–Crippen LogP) is 3.15. The Bertz CT molecular complexity index is 573. The van der Waals surface area contributed by atoms with Crippen LogP contribution in [-0.4, -0.2) is 24.2 Å². The van der Waals surface area contributed by atoms with E-state index in [1.165, 1.54) is 12.1 Å². The van der Waals surface area contributed by atoms with Crippen LogP contribution < -0.4 is 15.8 Å². The van der Waals surface area contributed by atoms with E-state index in [9.17, 15) is 18.0 Å². The van der Waals surface area contributed by atoms with Crippen LogP contribution in [-0.2, 0) is 11.3 Å². The van der Waals surface area contributed by atoms with Gasteiger partial charge in [-0.25, -0.2) is 0 Å². The minimum Gasteiger partial charge on any atom is -0.484 e. The van der Waals surface area contributed by atoms with Gasteiger partial charge in [-0.3, -0.25) is 4.79 Å². The molecule has 24 heavy (non-hydrogen) atoms. The molecule has 3 N–H and O–H groups in total. The number of alkyl halides is 3. The third kappa shape index (κ3) is 5.40. The van der Waals surface area contributed by atoms with E-state index < -0.39 is 18.3 Å². The highest BCUT2D eigenvalue weighted by atomic mass is 19.4. The smallest absolute Gasteiger partial charge is 0.422 e. The standard InChI is InChI=1S/C17H23F3N2O2/c1-16(21)8-3-2-7-14(16)15(23)22-10-12-5-4-6-13(9-12)24-11-17(18,19)20/h4-6,9,14H,2-3,7-8,10-11,21H2,1H3,(H,22,23). The minimum absolute atomic E-state index is 0.110. The molecule has 0 aromatic heterocycles. The van der Waals surface area contributed by atoms with Gasteiger partial charge in [0.25, 0.3) is 0 Å². The molecular weight excluding hydrogens is 321 g/mol. The van der Waals surface area contributed by atoms with Crippen molar-refractivity contribution in [3.63, 3.8) is 0 Å². The van der Waals surface area contributed by atoms with E-state index in [0.29, 0.717) is 5.56 Å². The van der Waals surface area contributed by atoms with Crippen molar-refractivity contribution < 1.29 is 22.7 Å². The second kappa shape index (κ2) is 7.42. The van der Waals surface area contributed by atoms with Crippen LogP contribution in [0.4, 0.5) is 13.2 Å². The summed E-state index contributed by atoms with van der Waals surface area (Å²) in [6, 6.07) is 6.27. The van der Waals surface area contributed by atoms with Gasteiger partial charge in [0, 0.05) is 12.1 Å². The molecule has 0 heterocycles. The van der Waals surface area contributed by atoms with Gasteiger partial charge in [-0.2, -0.15) is 13.2 Å². The van der Waals surface area contributed by atoms with Gasteiger partial charge in [0.05, 0.1) is 5.92 Å². The van der Waals surface area contributed by atoms with Crippen LogP contribution in [0.5, 0.6) is 5.75 Å². The summed E-state index contributed by atoms with van der Waals surface area (Å²) in [6.45, 7) is 0.785. The first kappa shape index (κ1) is 18.6. The van der Waals surface area contributed by atoms with Gasteiger partial charge in [0.1, 0.15) is 5.75 Å². The summed E-state index contributed by atoms with van der Waals surface area (Å²) < 4.78 is 41.3. The summed E-state index contributed by atoms with van der Waals surface area (Å²) in [7, 11) is 0. The molecule has 1 aliphatic rings. The fourth-order valence-corrected chi connectivity index (χ4v) is 3.01. The number of halogens is 3. The van der Waals surface area contributed by atoms with Crippen LogP contribution in [0.25, 0.3) is 0 Å². The lowest BCUT2D eigenvalue weighted by Crippen LogP contribution is -2.52. The molecule has 0 aliphatic heterocycles. The van der Waals surface area contributed by atoms with Gasteiger partial charge < -0.3 is 15.8 Å². The van der Waals surface area contributed by atoms with Crippen LogP contribution in [0.2, 0.25) is 0 Å². The van der Waals surface area contributed by atoms with Crippen molar-refractivity contribution in [1.82, 2.24) is 5.32 Å². The highest BCUT2D eigenvalue weighted by Crippen LogP contribution is 2.31. The fraction of sp³-hybridized carbons (Fsp3) is 0.588. The molecule has 1 aromatic carbocycles. The number of hydrogen-bond acceptors (Lipinski definition) is 3. The van der Waals surface area contributed by atoms with Gasteiger partial charge in [0.2, 0.25) is 5.91 Å². The van der Waals surface area contributed by atoms with Crippen molar-refractivity contribution in [3.05, 3.63) is 29.8 Å². The summed E-state index contributed by atoms with van der Waals surface area (Å²) in [5.41, 5.74) is 6.37. The maximum Gasteiger partial charge on any atom is 0.422 e. The zero-order valence-electron chi connectivity index (χ0n) is 13.7. The predicted molar refractivity (Wildman–Crippen MR) is 84.4 cm³/mol. The zero-order chi connectivity index (χ0) is 17.8. The van der Waals surface area contributed by atoms with E-state index in [4.69, 9.17) is 10.5 Å². The Kier molecular flexibility index (Phi) is 5.74. The number of rotatable bonds is 5. The Hall–Kier alpha value is -1.76. The topological polar surface area (TPSA) is 64.4 Å². The highest BCUT2D eigenvalue weighted by molar-refractivity contribution is 5.80. The normalized spacial score (nSPS) is 24.5. The van der Waals surface area contributed by atoms with Crippen LogP contribution in [0.1, 0.15) is 38.2 Å². The largest absolute Gasteiger partial charge is 0.484 e. The van der Waals surface area contributed by atoms with Gasteiger partial charge >= 0.3 is 6.18 Å². The lowest BCUT2D eigenvalue weighted by atomic mass is 9.74. The summed E-state index contributed by atoms with van der Waals surface area (Å²) >= 11 is 0. The number of amides is 1. The number of carbonyl (C=O) groups is 1. The van der Waals surface area contributed by atoms with E-state index in [0.717, 1.165) is 25.7 Å². The van der Waals surface area contributed by atoms with Crippen LogP contribution in [0.15, 0.2) is 24.3 Å². The van der Waals surface area contributed by atoms with Crippen molar-refractivity contribution in [2.24, 2.45) is 11.7 Å². The molecule has 4 nitrogen and oxygen atoms in total. The van der Waals surface area contributed by atoms with Crippen LogP contribution in [0, 0.1) is 5.92 Å². The molecule has 0 spiro atoms. The first-order valence-corrected chi connectivity index (χ1v) is 8.02.